The highest BCUT2D eigenvalue weighted by atomic mass is 16.7. The molecule has 0 bridgehead atoms. The summed E-state index contributed by atoms with van der Waals surface area (Å²) in [6.45, 7) is -6.15. The van der Waals surface area contributed by atoms with Crippen LogP contribution in [0.25, 0.3) is 0 Å². The van der Waals surface area contributed by atoms with E-state index in [1.807, 2.05) is 27.7 Å². The Labute approximate surface area is 136 Å². The van der Waals surface area contributed by atoms with Gasteiger partial charge >= 0.3 is 7.12 Å². The Morgan fingerprint density at radius 3 is 2.40 bits per heavy atom. The van der Waals surface area contributed by atoms with E-state index in [2.05, 4.69) is 4.98 Å². The fraction of sp³-hybridized carbons (Fsp3) is 0.667. The summed E-state index contributed by atoms with van der Waals surface area (Å²) in [5.41, 5.74) is -1.62. The van der Waals surface area contributed by atoms with Crippen molar-refractivity contribution < 1.29 is 23.0 Å². The van der Waals surface area contributed by atoms with Crippen molar-refractivity contribution >= 4 is 18.4 Å². The van der Waals surface area contributed by atoms with Gasteiger partial charge in [-0.25, -0.2) is 0 Å². The lowest BCUT2D eigenvalue weighted by atomic mass is 9.84. The molecular weight excluding hydrogens is 251 g/mol. The molecule has 1 aliphatic rings. The van der Waals surface area contributed by atoms with Crippen LogP contribution in [0.2, 0.25) is 0 Å². The molecule has 1 aromatic rings. The first-order valence-electron chi connectivity index (χ1n) is 11.3. The number of pyridine rings is 1. The fourth-order valence-electron chi connectivity index (χ4n) is 1.83. The van der Waals surface area contributed by atoms with Crippen LogP contribution in [0, 0.1) is 0 Å². The summed E-state index contributed by atoms with van der Waals surface area (Å²) in [6, 6.07) is 2.32. The topological polar surface area (TPSA) is 34.6 Å². The molecule has 2 heterocycles. The van der Waals surface area contributed by atoms with E-state index in [4.69, 9.17) is 23.0 Å². The van der Waals surface area contributed by atoms with Gasteiger partial charge in [-0.1, -0.05) is 0 Å². The average Bonchev–Trinajstić information content (AvgIpc) is 2.73. The van der Waals surface area contributed by atoms with Gasteiger partial charge in [0.2, 0.25) is 0 Å². The monoisotopic (exact) mass is 286 g/mol. The summed E-state index contributed by atoms with van der Waals surface area (Å²) in [4.78, 5) is 4.24. The number of aromatic nitrogens is 1. The lowest BCUT2D eigenvalue weighted by Gasteiger charge is -2.32. The van der Waals surface area contributed by atoms with E-state index in [0.717, 1.165) is 6.07 Å². The van der Waals surface area contributed by atoms with E-state index in [9.17, 15) is 0 Å². The van der Waals surface area contributed by atoms with Gasteiger partial charge < -0.3 is 14.2 Å². The average molecular weight is 286 g/mol. The molecule has 4 nitrogen and oxygen atoms in total. The Kier molecular flexibility index (Phi) is 1.83. The van der Waals surface area contributed by atoms with Gasteiger partial charge in [-0.3, -0.25) is 4.98 Å². The number of rotatable bonds is 4. The van der Waals surface area contributed by atoms with E-state index in [-0.39, 0.29) is 16.2 Å². The molecule has 5 heteroatoms. The lowest BCUT2D eigenvalue weighted by Crippen LogP contribution is -2.41. The van der Waals surface area contributed by atoms with Crippen LogP contribution in [0.1, 0.15) is 55.1 Å². The Morgan fingerprint density at radius 2 is 1.85 bits per heavy atom. The molecule has 1 aliphatic heterocycles. The molecule has 1 fully saturated rings. The molecular formula is C15H25BN2O2. The van der Waals surface area contributed by atoms with Crippen LogP contribution in [-0.2, 0) is 9.31 Å². The third kappa shape index (κ3) is 2.70. The van der Waals surface area contributed by atoms with Crippen molar-refractivity contribution in [3.8, 4) is 0 Å². The van der Waals surface area contributed by atoms with E-state index < -0.39 is 45.0 Å². The van der Waals surface area contributed by atoms with Crippen molar-refractivity contribution in [2.75, 3.05) is 17.9 Å². The first kappa shape index (κ1) is 6.80. The highest BCUT2D eigenvalue weighted by Gasteiger charge is 2.52. The number of anilines is 1. The van der Waals surface area contributed by atoms with Crippen molar-refractivity contribution in [3.63, 3.8) is 0 Å². The Hall–Kier alpha value is -1.07. The molecule has 0 radical (unpaired) electrons. The number of nitrogens with zero attached hydrogens (tertiary/aromatic N) is 2. The molecule has 0 saturated carbocycles. The van der Waals surface area contributed by atoms with E-state index in [1.165, 1.54) is 12.3 Å². The SMILES string of the molecule is [2H]C([2H])([2H])C([2H])([2H])N(c1ccnc(B2OC(C)(C)C(C)(C)O2)c1)C([2H])([2H])C([2H])([2H])[2H]. The Morgan fingerprint density at radius 1 is 1.25 bits per heavy atom. The zero-order chi connectivity index (χ0) is 23.6. The van der Waals surface area contributed by atoms with Crippen molar-refractivity contribution in [3.05, 3.63) is 18.3 Å². The van der Waals surface area contributed by atoms with E-state index in [1.54, 1.807) is 0 Å². The van der Waals surface area contributed by atoms with Crippen LogP contribution < -0.4 is 10.5 Å². The molecule has 1 saturated heterocycles. The highest BCUT2D eigenvalue weighted by molar-refractivity contribution is 6.61. The summed E-state index contributed by atoms with van der Waals surface area (Å²) in [7, 11) is -0.992. The zero-order valence-corrected chi connectivity index (χ0v) is 12.0. The van der Waals surface area contributed by atoms with Crippen LogP contribution in [0.4, 0.5) is 5.69 Å². The minimum atomic E-state index is -3.35. The van der Waals surface area contributed by atoms with E-state index in [0.29, 0.717) is 0 Å². The maximum atomic E-state index is 8.07. The molecule has 0 spiro atoms. The van der Waals surface area contributed by atoms with Crippen LogP contribution in [0.15, 0.2) is 18.3 Å². The Balaban J connectivity index is 2.61. The molecule has 0 aromatic carbocycles. The summed E-state index contributed by atoms with van der Waals surface area (Å²) < 4.78 is 89.2. The Bertz CT molecular complexity index is 752. The highest BCUT2D eigenvalue weighted by Crippen LogP contribution is 2.36. The predicted molar refractivity (Wildman–Crippen MR) is 83.5 cm³/mol. The fourth-order valence-corrected chi connectivity index (χ4v) is 1.83. The first-order valence-corrected chi connectivity index (χ1v) is 6.27. The second kappa shape index (κ2) is 5.37. The summed E-state index contributed by atoms with van der Waals surface area (Å²) in [5, 5.41) is 0. The van der Waals surface area contributed by atoms with Gasteiger partial charge in [0, 0.05) is 38.6 Å². The summed E-state index contributed by atoms with van der Waals surface area (Å²) in [6.07, 6.45) is 1.19. The second-order valence-electron chi connectivity index (χ2n) is 5.59. The van der Waals surface area contributed by atoms with Crippen LogP contribution in [-0.4, -0.2) is 36.3 Å². The predicted octanol–water partition coefficient (Wildman–Crippen LogP) is 2.23. The number of hydrogen-bond acceptors (Lipinski definition) is 4. The molecule has 0 amide bonds. The third-order valence-electron chi connectivity index (χ3n) is 3.74. The molecule has 0 unspecified atom stereocenters. The van der Waals surface area contributed by atoms with Gasteiger partial charge in [0.25, 0.3) is 0 Å². The van der Waals surface area contributed by atoms with Gasteiger partial charge in [0.15, 0.2) is 0 Å². The second-order valence-corrected chi connectivity index (χ2v) is 5.59. The van der Waals surface area contributed by atoms with Crippen molar-refractivity contribution in [2.45, 2.75) is 52.6 Å². The smallest absolute Gasteiger partial charge is 0.398 e. The molecule has 110 valence electrons. The molecule has 2 rings (SSSR count). The van der Waals surface area contributed by atoms with Crippen LogP contribution >= 0.6 is 0 Å². The largest absolute Gasteiger partial charge is 0.514 e. The quantitative estimate of drug-likeness (QED) is 0.795. The molecule has 1 aromatic heterocycles. The van der Waals surface area contributed by atoms with Gasteiger partial charge in [-0.15, -0.1) is 0 Å². The maximum absolute atomic E-state index is 8.07. The van der Waals surface area contributed by atoms with Gasteiger partial charge in [-0.2, -0.15) is 0 Å². The molecule has 0 aliphatic carbocycles. The van der Waals surface area contributed by atoms with Gasteiger partial charge in [0.1, 0.15) is 0 Å². The molecule has 0 atom stereocenters. The first-order chi connectivity index (χ1) is 13.2. The normalized spacial score (nSPS) is 30.3. The van der Waals surface area contributed by atoms with Gasteiger partial charge in [-0.05, 0) is 53.5 Å². The van der Waals surface area contributed by atoms with Gasteiger partial charge in [0.05, 0.1) is 16.8 Å². The maximum Gasteiger partial charge on any atom is 0.514 e. The third-order valence-corrected chi connectivity index (χ3v) is 3.74. The lowest BCUT2D eigenvalue weighted by molar-refractivity contribution is 0.00578. The standard InChI is InChI=1S/C15H25BN2O2/c1-7-18(8-2)12-9-10-17-13(11-12)16-19-14(3,4)15(5,6)20-16/h9-11H,7-8H2,1-6H3/i1D3,2D3,7D2,8D2. The van der Waals surface area contributed by atoms with Crippen molar-refractivity contribution in [2.24, 2.45) is 0 Å². The minimum Gasteiger partial charge on any atom is -0.398 e. The number of hydrogen-bond donors (Lipinski definition) is 0. The van der Waals surface area contributed by atoms with Crippen LogP contribution in [0.3, 0.4) is 0 Å². The molecule has 0 N–H and O–H groups in total. The zero-order valence-electron chi connectivity index (χ0n) is 22.0. The van der Waals surface area contributed by atoms with Crippen molar-refractivity contribution in [1.82, 2.24) is 4.98 Å². The summed E-state index contributed by atoms with van der Waals surface area (Å²) in [5.74, 6) is 0. The van der Waals surface area contributed by atoms with E-state index >= 15 is 0 Å². The van der Waals surface area contributed by atoms with Crippen molar-refractivity contribution in [1.29, 1.82) is 0 Å². The molecule has 20 heavy (non-hydrogen) atoms. The summed E-state index contributed by atoms with van der Waals surface area (Å²) >= 11 is 0. The van der Waals surface area contributed by atoms with Crippen LogP contribution in [0.5, 0.6) is 0 Å². The minimum absolute atomic E-state index is 0.121.